The third-order valence-corrected chi connectivity index (χ3v) is 6.19. The number of aromatic nitrogens is 2. The molecule has 2 aromatic heterocycles. The highest BCUT2D eigenvalue weighted by Crippen LogP contribution is 2.35. The standard InChI is InChI=1S/C23H19N3O3S/c1-14-8-18-21(9-15(14)2)30-23(25-18)26(12-16-4-3-7-24-11-16)22(27)17-5-6-19-20(10-17)29-13-28-19/h3-11H,12-13H2,1-2H3. The maximum atomic E-state index is 13.5. The molecule has 2 aromatic carbocycles. The van der Waals surface area contributed by atoms with E-state index >= 15 is 0 Å². The fraction of sp³-hybridized carbons (Fsp3) is 0.174. The van der Waals surface area contributed by atoms with Crippen LogP contribution in [-0.4, -0.2) is 22.7 Å². The van der Waals surface area contributed by atoms with Crippen LogP contribution in [0.5, 0.6) is 11.5 Å². The van der Waals surface area contributed by atoms with Crippen LogP contribution in [0.4, 0.5) is 5.13 Å². The Morgan fingerprint density at radius 3 is 2.77 bits per heavy atom. The molecule has 0 saturated carbocycles. The summed E-state index contributed by atoms with van der Waals surface area (Å²) in [5.41, 5.74) is 4.74. The van der Waals surface area contributed by atoms with E-state index in [1.54, 1.807) is 35.5 Å². The Balaban J connectivity index is 1.57. The molecule has 0 spiro atoms. The van der Waals surface area contributed by atoms with Gasteiger partial charge in [0.15, 0.2) is 16.6 Å². The van der Waals surface area contributed by atoms with Gasteiger partial charge in [0.2, 0.25) is 6.79 Å². The second kappa shape index (κ2) is 7.42. The molecule has 5 rings (SSSR count). The second-order valence-electron chi connectivity index (χ2n) is 7.22. The van der Waals surface area contributed by atoms with E-state index in [0.29, 0.717) is 28.7 Å². The Bertz CT molecular complexity index is 1210. The van der Waals surface area contributed by atoms with Gasteiger partial charge in [-0.1, -0.05) is 17.4 Å². The van der Waals surface area contributed by atoms with Crippen LogP contribution >= 0.6 is 11.3 Å². The van der Waals surface area contributed by atoms with Crippen LogP contribution in [0.3, 0.4) is 0 Å². The fourth-order valence-electron chi connectivity index (χ4n) is 3.37. The van der Waals surface area contributed by atoms with E-state index in [-0.39, 0.29) is 12.7 Å². The minimum absolute atomic E-state index is 0.148. The molecule has 0 bridgehead atoms. The van der Waals surface area contributed by atoms with E-state index in [1.165, 1.54) is 22.5 Å². The molecule has 1 aliphatic rings. The Kier molecular flexibility index (Phi) is 4.59. The third-order valence-electron chi connectivity index (χ3n) is 5.15. The average molecular weight is 417 g/mol. The normalized spacial score (nSPS) is 12.3. The van der Waals surface area contributed by atoms with Crippen LogP contribution in [0.2, 0.25) is 0 Å². The zero-order valence-corrected chi connectivity index (χ0v) is 17.4. The van der Waals surface area contributed by atoms with Crippen LogP contribution < -0.4 is 14.4 Å². The van der Waals surface area contributed by atoms with Crippen molar-refractivity contribution in [2.75, 3.05) is 11.7 Å². The SMILES string of the molecule is Cc1cc2nc(N(Cc3cccnc3)C(=O)c3ccc4c(c3)OCO4)sc2cc1C. The van der Waals surface area contributed by atoms with Crippen molar-refractivity contribution in [3.05, 3.63) is 77.1 Å². The van der Waals surface area contributed by atoms with Crippen molar-refractivity contribution in [3.8, 4) is 11.5 Å². The molecule has 1 amide bonds. The lowest BCUT2D eigenvalue weighted by Gasteiger charge is -2.20. The second-order valence-corrected chi connectivity index (χ2v) is 8.23. The number of aryl methyl sites for hydroxylation is 2. The van der Waals surface area contributed by atoms with Crippen LogP contribution in [0, 0.1) is 13.8 Å². The molecule has 7 heteroatoms. The van der Waals surface area contributed by atoms with Crippen LogP contribution in [0.15, 0.2) is 54.9 Å². The van der Waals surface area contributed by atoms with Crippen molar-refractivity contribution in [2.45, 2.75) is 20.4 Å². The topological polar surface area (TPSA) is 64.6 Å². The number of rotatable bonds is 4. The molecule has 150 valence electrons. The summed E-state index contributed by atoms with van der Waals surface area (Å²) in [7, 11) is 0. The predicted molar refractivity (Wildman–Crippen MR) is 116 cm³/mol. The Morgan fingerprint density at radius 1 is 1.10 bits per heavy atom. The average Bonchev–Trinajstić information content (AvgIpc) is 3.38. The van der Waals surface area contributed by atoms with Crippen molar-refractivity contribution in [3.63, 3.8) is 0 Å². The van der Waals surface area contributed by atoms with Gasteiger partial charge in [0.25, 0.3) is 5.91 Å². The number of thiazole rings is 1. The summed E-state index contributed by atoms with van der Waals surface area (Å²) in [4.78, 5) is 24.2. The van der Waals surface area contributed by atoms with Crippen molar-refractivity contribution >= 4 is 32.6 Å². The lowest BCUT2D eigenvalue weighted by Crippen LogP contribution is -2.30. The van der Waals surface area contributed by atoms with Crippen LogP contribution in [0.25, 0.3) is 10.2 Å². The first-order chi connectivity index (χ1) is 14.6. The number of amides is 1. The molecule has 0 fully saturated rings. The maximum absolute atomic E-state index is 13.5. The monoisotopic (exact) mass is 417 g/mol. The van der Waals surface area contributed by atoms with E-state index in [0.717, 1.165) is 15.8 Å². The number of anilines is 1. The van der Waals surface area contributed by atoms with Gasteiger partial charge in [-0.15, -0.1) is 0 Å². The summed E-state index contributed by atoms with van der Waals surface area (Å²) >= 11 is 1.51. The number of pyridine rings is 1. The molecule has 0 N–H and O–H groups in total. The van der Waals surface area contributed by atoms with Gasteiger partial charge in [-0.25, -0.2) is 4.98 Å². The number of carbonyl (C=O) groups excluding carboxylic acids is 1. The summed E-state index contributed by atoms with van der Waals surface area (Å²) in [6, 6.07) is 13.3. The zero-order valence-electron chi connectivity index (χ0n) is 16.6. The van der Waals surface area contributed by atoms with E-state index in [4.69, 9.17) is 14.5 Å². The number of hydrogen-bond acceptors (Lipinski definition) is 6. The highest BCUT2D eigenvalue weighted by atomic mass is 32.1. The summed E-state index contributed by atoms with van der Waals surface area (Å²) < 4.78 is 11.9. The molecule has 3 heterocycles. The molecule has 4 aromatic rings. The van der Waals surface area contributed by atoms with Crippen molar-refractivity contribution < 1.29 is 14.3 Å². The lowest BCUT2D eigenvalue weighted by molar-refractivity contribution is 0.0984. The highest BCUT2D eigenvalue weighted by molar-refractivity contribution is 7.22. The Morgan fingerprint density at radius 2 is 1.93 bits per heavy atom. The third kappa shape index (κ3) is 3.37. The van der Waals surface area contributed by atoms with Gasteiger partial charge >= 0.3 is 0 Å². The first kappa shape index (κ1) is 18.6. The number of hydrogen-bond donors (Lipinski definition) is 0. The van der Waals surface area contributed by atoms with E-state index in [9.17, 15) is 4.79 Å². The van der Waals surface area contributed by atoms with Gasteiger partial charge in [-0.3, -0.25) is 14.7 Å². The smallest absolute Gasteiger partial charge is 0.260 e. The Hall–Kier alpha value is -3.45. The number of ether oxygens (including phenoxy) is 2. The number of fused-ring (bicyclic) bond motifs is 2. The van der Waals surface area contributed by atoms with Crippen molar-refractivity contribution in [1.82, 2.24) is 9.97 Å². The molecular weight excluding hydrogens is 398 g/mol. The van der Waals surface area contributed by atoms with E-state index in [2.05, 4.69) is 31.0 Å². The fourth-order valence-corrected chi connectivity index (χ4v) is 4.41. The zero-order chi connectivity index (χ0) is 20.7. The quantitative estimate of drug-likeness (QED) is 0.473. The van der Waals surface area contributed by atoms with Crippen molar-refractivity contribution in [2.24, 2.45) is 0 Å². The summed E-state index contributed by atoms with van der Waals surface area (Å²) in [5, 5.41) is 0.654. The maximum Gasteiger partial charge on any atom is 0.260 e. The largest absolute Gasteiger partial charge is 0.454 e. The Labute approximate surface area is 177 Å². The summed E-state index contributed by atoms with van der Waals surface area (Å²) in [5.74, 6) is 1.08. The van der Waals surface area contributed by atoms with E-state index < -0.39 is 0 Å². The van der Waals surface area contributed by atoms with Crippen LogP contribution in [-0.2, 0) is 6.54 Å². The van der Waals surface area contributed by atoms with Gasteiger partial charge in [-0.2, -0.15) is 0 Å². The molecule has 30 heavy (non-hydrogen) atoms. The van der Waals surface area contributed by atoms with Gasteiger partial charge in [0, 0.05) is 18.0 Å². The van der Waals surface area contributed by atoms with Crippen LogP contribution in [0.1, 0.15) is 27.0 Å². The summed E-state index contributed by atoms with van der Waals surface area (Å²) in [6.07, 6.45) is 3.48. The molecule has 1 aliphatic heterocycles. The molecule has 0 radical (unpaired) electrons. The number of benzene rings is 2. The van der Waals surface area contributed by atoms with Crippen molar-refractivity contribution in [1.29, 1.82) is 0 Å². The first-order valence-corrected chi connectivity index (χ1v) is 10.4. The van der Waals surface area contributed by atoms with Gasteiger partial charge in [0.05, 0.1) is 16.8 Å². The van der Waals surface area contributed by atoms with Gasteiger partial charge in [-0.05, 0) is 66.9 Å². The number of carbonyl (C=O) groups is 1. The highest BCUT2D eigenvalue weighted by Gasteiger charge is 2.24. The lowest BCUT2D eigenvalue weighted by atomic mass is 10.1. The molecule has 0 atom stereocenters. The predicted octanol–water partition coefficient (Wildman–Crippen LogP) is 4.88. The first-order valence-electron chi connectivity index (χ1n) is 9.57. The minimum atomic E-state index is -0.148. The van der Waals surface area contributed by atoms with Gasteiger partial charge < -0.3 is 9.47 Å². The van der Waals surface area contributed by atoms with E-state index in [1.807, 2.05) is 12.1 Å². The molecular formula is C23H19N3O3S. The minimum Gasteiger partial charge on any atom is -0.454 e. The van der Waals surface area contributed by atoms with Gasteiger partial charge in [0.1, 0.15) is 0 Å². The summed E-state index contributed by atoms with van der Waals surface area (Å²) in [6.45, 7) is 4.69. The number of nitrogens with zero attached hydrogens (tertiary/aromatic N) is 3. The molecule has 0 saturated heterocycles. The molecule has 6 nitrogen and oxygen atoms in total. The molecule has 0 unspecified atom stereocenters. The molecule has 0 aliphatic carbocycles.